The minimum atomic E-state index is -2.32. The van der Waals surface area contributed by atoms with Crippen molar-refractivity contribution in [1.82, 2.24) is 9.80 Å². The number of aliphatic hydroxyl groups is 1. The SMILES string of the molecule is CN1C(=O)N(C)C(O)(c2ccccc2N2C(=O)c3ccccc3C2=O)C1=O. The first kappa shape index (κ1) is 16.9. The van der Waals surface area contributed by atoms with Gasteiger partial charge in [-0.05, 0) is 18.2 Å². The lowest BCUT2D eigenvalue weighted by atomic mass is 9.98. The standard InChI is InChI=1S/C19H15N3O5/c1-20-17(25)19(27,21(2)18(20)26)13-9-5-6-10-14(13)22-15(23)11-7-3-4-8-12(11)16(22)24/h3-10,27H,1-2H3. The Bertz CT molecular complexity index is 999. The van der Waals surface area contributed by atoms with Crippen molar-refractivity contribution in [3.63, 3.8) is 0 Å². The van der Waals surface area contributed by atoms with Crippen LogP contribution in [0.25, 0.3) is 0 Å². The quantitative estimate of drug-likeness (QED) is 0.636. The van der Waals surface area contributed by atoms with Crippen molar-refractivity contribution >= 4 is 29.4 Å². The number of imide groups is 2. The molecule has 2 aliphatic heterocycles. The summed E-state index contributed by atoms with van der Waals surface area (Å²) in [5, 5.41) is 11.1. The zero-order chi connectivity index (χ0) is 19.5. The van der Waals surface area contributed by atoms with Crippen LogP contribution in [0, 0.1) is 0 Å². The molecule has 27 heavy (non-hydrogen) atoms. The first-order chi connectivity index (χ1) is 12.8. The number of benzene rings is 2. The number of anilines is 1. The average Bonchev–Trinajstić information content (AvgIpc) is 3.02. The van der Waals surface area contributed by atoms with E-state index in [4.69, 9.17) is 0 Å². The molecule has 0 bridgehead atoms. The van der Waals surface area contributed by atoms with Crippen molar-refractivity contribution in [1.29, 1.82) is 0 Å². The summed E-state index contributed by atoms with van der Waals surface area (Å²) in [6.45, 7) is 0. The van der Waals surface area contributed by atoms with Crippen LogP contribution >= 0.6 is 0 Å². The minimum Gasteiger partial charge on any atom is -0.359 e. The number of hydrogen-bond acceptors (Lipinski definition) is 5. The second-order valence-electron chi connectivity index (χ2n) is 6.39. The first-order valence-corrected chi connectivity index (χ1v) is 8.15. The number of carbonyl (C=O) groups is 4. The van der Waals surface area contributed by atoms with E-state index in [0.717, 1.165) is 14.7 Å². The van der Waals surface area contributed by atoms with E-state index in [-0.39, 0.29) is 22.4 Å². The van der Waals surface area contributed by atoms with Crippen LogP contribution in [0.5, 0.6) is 0 Å². The summed E-state index contributed by atoms with van der Waals surface area (Å²) in [6.07, 6.45) is 0. The lowest BCUT2D eigenvalue weighted by Crippen LogP contribution is -2.46. The highest BCUT2D eigenvalue weighted by Crippen LogP contribution is 2.40. The molecule has 0 aromatic heterocycles. The predicted octanol–water partition coefficient (Wildman–Crippen LogP) is 1.16. The molecule has 2 heterocycles. The van der Waals surface area contributed by atoms with Crippen LogP contribution < -0.4 is 4.90 Å². The van der Waals surface area contributed by atoms with Gasteiger partial charge in [-0.15, -0.1) is 0 Å². The summed E-state index contributed by atoms with van der Waals surface area (Å²) < 4.78 is 0. The van der Waals surface area contributed by atoms with Gasteiger partial charge >= 0.3 is 6.03 Å². The second kappa shape index (κ2) is 5.49. The number of fused-ring (bicyclic) bond motifs is 1. The maximum Gasteiger partial charge on any atom is 0.329 e. The smallest absolute Gasteiger partial charge is 0.329 e. The molecule has 1 unspecified atom stereocenters. The van der Waals surface area contributed by atoms with E-state index < -0.39 is 29.5 Å². The van der Waals surface area contributed by atoms with Crippen molar-refractivity contribution in [3.8, 4) is 0 Å². The van der Waals surface area contributed by atoms with Gasteiger partial charge in [-0.3, -0.25) is 24.2 Å². The third kappa shape index (κ3) is 2.01. The van der Waals surface area contributed by atoms with E-state index in [1.807, 2.05) is 0 Å². The molecule has 1 fully saturated rings. The molecule has 1 saturated heterocycles. The molecule has 2 aromatic carbocycles. The summed E-state index contributed by atoms with van der Waals surface area (Å²) in [4.78, 5) is 53.0. The summed E-state index contributed by atoms with van der Waals surface area (Å²) >= 11 is 0. The molecule has 8 nitrogen and oxygen atoms in total. The van der Waals surface area contributed by atoms with E-state index in [1.54, 1.807) is 24.3 Å². The molecular weight excluding hydrogens is 350 g/mol. The molecule has 2 aromatic rings. The highest BCUT2D eigenvalue weighted by Gasteiger charge is 2.56. The number of likely N-dealkylation sites (N-methyl/N-ethyl adjacent to an activating group) is 2. The lowest BCUT2D eigenvalue weighted by molar-refractivity contribution is -0.152. The zero-order valence-electron chi connectivity index (χ0n) is 14.5. The average molecular weight is 365 g/mol. The number of urea groups is 1. The van der Waals surface area contributed by atoms with Crippen molar-refractivity contribution in [3.05, 3.63) is 65.2 Å². The molecule has 0 radical (unpaired) electrons. The van der Waals surface area contributed by atoms with Crippen LogP contribution in [0.15, 0.2) is 48.5 Å². The molecule has 0 saturated carbocycles. The highest BCUT2D eigenvalue weighted by molar-refractivity contribution is 6.34. The Labute approximate surface area is 154 Å². The largest absolute Gasteiger partial charge is 0.359 e. The molecular formula is C19H15N3O5. The number of rotatable bonds is 2. The van der Waals surface area contributed by atoms with Crippen LogP contribution in [0.2, 0.25) is 0 Å². The Balaban J connectivity index is 1.90. The summed E-state index contributed by atoms with van der Waals surface area (Å²) in [7, 11) is 2.53. The Morgan fingerprint density at radius 1 is 0.815 bits per heavy atom. The molecule has 8 heteroatoms. The Hall–Kier alpha value is -3.52. The van der Waals surface area contributed by atoms with Crippen LogP contribution in [0.4, 0.5) is 10.5 Å². The Kier molecular flexibility index (Phi) is 3.44. The fourth-order valence-electron chi connectivity index (χ4n) is 3.49. The Morgan fingerprint density at radius 3 is 1.85 bits per heavy atom. The van der Waals surface area contributed by atoms with Gasteiger partial charge in [0.05, 0.1) is 16.8 Å². The molecule has 1 atom stereocenters. The normalized spacial score (nSPS) is 22.1. The van der Waals surface area contributed by atoms with Gasteiger partial charge in [0.2, 0.25) is 0 Å². The number of para-hydroxylation sites is 1. The number of amides is 5. The molecule has 136 valence electrons. The first-order valence-electron chi connectivity index (χ1n) is 8.15. The van der Waals surface area contributed by atoms with Gasteiger partial charge in [0.25, 0.3) is 23.4 Å². The molecule has 2 aliphatic rings. The summed E-state index contributed by atoms with van der Waals surface area (Å²) in [5.74, 6) is -1.97. The van der Waals surface area contributed by atoms with E-state index in [1.165, 1.54) is 38.4 Å². The Morgan fingerprint density at radius 2 is 1.33 bits per heavy atom. The van der Waals surface area contributed by atoms with E-state index in [2.05, 4.69) is 0 Å². The zero-order valence-corrected chi connectivity index (χ0v) is 14.5. The summed E-state index contributed by atoms with van der Waals surface area (Å²) in [5.41, 5.74) is -1.82. The lowest BCUT2D eigenvalue weighted by Gasteiger charge is -2.30. The van der Waals surface area contributed by atoms with E-state index in [9.17, 15) is 24.3 Å². The van der Waals surface area contributed by atoms with Crippen LogP contribution in [0.3, 0.4) is 0 Å². The van der Waals surface area contributed by atoms with Crippen LogP contribution in [-0.4, -0.2) is 52.8 Å². The van der Waals surface area contributed by atoms with E-state index >= 15 is 0 Å². The minimum absolute atomic E-state index is 0.0234. The molecule has 1 N–H and O–H groups in total. The van der Waals surface area contributed by atoms with Gasteiger partial charge < -0.3 is 5.11 Å². The van der Waals surface area contributed by atoms with Gasteiger partial charge in [0.1, 0.15) is 0 Å². The van der Waals surface area contributed by atoms with Crippen molar-refractivity contribution in [2.45, 2.75) is 5.72 Å². The second-order valence-corrected chi connectivity index (χ2v) is 6.39. The van der Waals surface area contributed by atoms with Crippen molar-refractivity contribution < 1.29 is 24.3 Å². The highest BCUT2D eigenvalue weighted by atomic mass is 16.3. The third-order valence-electron chi connectivity index (χ3n) is 4.98. The van der Waals surface area contributed by atoms with Crippen molar-refractivity contribution in [2.75, 3.05) is 19.0 Å². The maximum absolute atomic E-state index is 12.8. The monoisotopic (exact) mass is 365 g/mol. The molecule has 5 amide bonds. The molecule has 4 rings (SSSR count). The van der Waals surface area contributed by atoms with Gasteiger partial charge in [-0.1, -0.05) is 30.3 Å². The number of carbonyl (C=O) groups excluding carboxylic acids is 4. The molecule has 0 aliphatic carbocycles. The molecule has 0 spiro atoms. The summed E-state index contributed by atoms with van der Waals surface area (Å²) in [6, 6.07) is 11.7. The predicted molar refractivity (Wildman–Crippen MR) is 93.8 cm³/mol. The van der Waals surface area contributed by atoms with Crippen LogP contribution in [0.1, 0.15) is 26.3 Å². The van der Waals surface area contributed by atoms with Gasteiger partial charge in [-0.25, -0.2) is 9.69 Å². The number of nitrogens with zero attached hydrogens (tertiary/aromatic N) is 3. The van der Waals surface area contributed by atoms with Gasteiger partial charge in [0.15, 0.2) is 0 Å². The van der Waals surface area contributed by atoms with Crippen LogP contribution in [-0.2, 0) is 10.5 Å². The fraction of sp³-hybridized carbons (Fsp3) is 0.158. The van der Waals surface area contributed by atoms with Gasteiger partial charge in [0, 0.05) is 19.7 Å². The third-order valence-corrected chi connectivity index (χ3v) is 4.98. The van der Waals surface area contributed by atoms with E-state index in [0.29, 0.717) is 0 Å². The fourth-order valence-corrected chi connectivity index (χ4v) is 3.49. The number of hydrogen-bond donors (Lipinski definition) is 1. The van der Waals surface area contributed by atoms with Gasteiger partial charge in [-0.2, -0.15) is 0 Å². The maximum atomic E-state index is 12.8. The topological polar surface area (TPSA) is 98.2 Å². The van der Waals surface area contributed by atoms with Crippen molar-refractivity contribution in [2.24, 2.45) is 0 Å².